The van der Waals surface area contributed by atoms with Crippen molar-refractivity contribution in [1.29, 1.82) is 0 Å². The van der Waals surface area contributed by atoms with Gasteiger partial charge in [-0.15, -0.1) is 9.05 Å². The standard InChI is InChI=1S/C16H20F3N2O7P/c1-15(2)9-26-29(24,27-10-4-5-11(21-8-10)16(17,18)19)28-13(15)14(23)20-7-6-12(22)25-3/h4-5,8,13,24H,6-7,9H2,1-3H3/p+1/t13-,29?/m0/s1. The van der Waals surface area contributed by atoms with Crippen molar-refractivity contribution >= 4 is 20.0 Å². The third-order valence-electron chi connectivity index (χ3n) is 3.89. The van der Waals surface area contributed by atoms with Crippen LogP contribution in [0.3, 0.4) is 0 Å². The van der Waals surface area contributed by atoms with Gasteiger partial charge in [-0.25, -0.2) is 4.98 Å². The van der Waals surface area contributed by atoms with E-state index in [1.54, 1.807) is 13.8 Å². The van der Waals surface area contributed by atoms with Crippen LogP contribution in [0.25, 0.3) is 0 Å². The first kappa shape index (κ1) is 23.3. The smallest absolute Gasteiger partial charge is 0.469 e. The summed E-state index contributed by atoms with van der Waals surface area (Å²) in [7, 11) is -2.85. The topological polar surface area (TPSA) is 116 Å². The second-order valence-corrected chi connectivity index (χ2v) is 8.39. The van der Waals surface area contributed by atoms with Gasteiger partial charge >= 0.3 is 20.3 Å². The molecule has 9 nitrogen and oxygen atoms in total. The summed E-state index contributed by atoms with van der Waals surface area (Å²) >= 11 is 0. The number of carbonyl (C=O) groups is 2. The largest absolute Gasteiger partial charge is 0.620 e. The molecule has 13 heteroatoms. The van der Waals surface area contributed by atoms with Crippen LogP contribution in [0.2, 0.25) is 0 Å². The quantitative estimate of drug-likeness (QED) is 0.510. The zero-order valence-corrected chi connectivity index (χ0v) is 16.8. The third-order valence-corrected chi connectivity index (χ3v) is 5.26. The highest BCUT2D eigenvalue weighted by molar-refractivity contribution is 7.56. The van der Waals surface area contributed by atoms with Gasteiger partial charge in [-0.3, -0.25) is 14.1 Å². The van der Waals surface area contributed by atoms with E-state index in [4.69, 9.17) is 13.6 Å². The van der Waals surface area contributed by atoms with Gasteiger partial charge in [0.2, 0.25) is 5.75 Å². The minimum absolute atomic E-state index is 0.0111. The van der Waals surface area contributed by atoms with Crippen molar-refractivity contribution in [2.75, 3.05) is 20.3 Å². The van der Waals surface area contributed by atoms with Crippen LogP contribution in [0.1, 0.15) is 26.0 Å². The van der Waals surface area contributed by atoms with E-state index >= 15 is 0 Å². The number of alkyl halides is 3. The Kier molecular flexibility index (Phi) is 7.05. The number of hydrogen-bond acceptors (Lipinski definition) is 8. The predicted octanol–water partition coefficient (Wildman–Crippen LogP) is 2.27. The van der Waals surface area contributed by atoms with Gasteiger partial charge in [-0.05, 0) is 12.1 Å². The molecule has 1 aliphatic heterocycles. The fraction of sp³-hybridized carbons (Fsp3) is 0.562. The molecule has 1 aromatic heterocycles. The molecule has 0 spiro atoms. The van der Waals surface area contributed by atoms with Crippen molar-refractivity contribution < 1.29 is 46.0 Å². The van der Waals surface area contributed by atoms with E-state index in [1.165, 1.54) is 7.11 Å². The Morgan fingerprint density at radius 2 is 2.10 bits per heavy atom. The van der Waals surface area contributed by atoms with Gasteiger partial charge in [0.1, 0.15) is 12.3 Å². The molecule has 1 unspecified atom stereocenters. The monoisotopic (exact) mass is 441 g/mol. The molecule has 1 amide bonds. The van der Waals surface area contributed by atoms with E-state index in [1.807, 2.05) is 0 Å². The van der Waals surface area contributed by atoms with Crippen LogP contribution < -0.4 is 9.84 Å². The number of amides is 1. The molecule has 0 saturated carbocycles. The number of pyridine rings is 1. The van der Waals surface area contributed by atoms with Gasteiger partial charge in [-0.2, -0.15) is 18.1 Å². The molecule has 1 saturated heterocycles. The summed E-state index contributed by atoms with van der Waals surface area (Å²) in [6.45, 7) is 3.17. The summed E-state index contributed by atoms with van der Waals surface area (Å²) in [4.78, 5) is 37.3. The molecule has 2 atom stereocenters. The number of methoxy groups -OCH3 is 1. The molecular formula is C16H21F3N2O7P+. The molecule has 29 heavy (non-hydrogen) atoms. The summed E-state index contributed by atoms with van der Waals surface area (Å²) in [5.74, 6) is -1.35. The SMILES string of the molecule is COC(=O)CCNC(=O)[C@@H]1O[P+](O)(Oc2ccc(C(F)(F)F)nc2)OCC1(C)C. The maximum Gasteiger partial charge on any atom is 0.620 e. The van der Waals surface area contributed by atoms with E-state index < -0.39 is 43.4 Å². The van der Waals surface area contributed by atoms with Crippen LogP contribution in [-0.2, 0) is 29.5 Å². The van der Waals surface area contributed by atoms with Gasteiger partial charge < -0.3 is 10.1 Å². The van der Waals surface area contributed by atoms with Crippen molar-refractivity contribution in [3.05, 3.63) is 24.0 Å². The van der Waals surface area contributed by atoms with Crippen LogP contribution in [-0.4, -0.2) is 48.1 Å². The molecule has 2 rings (SSSR count). The fourth-order valence-electron chi connectivity index (χ4n) is 2.30. The second kappa shape index (κ2) is 8.78. The lowest BCUT2D eigenvalue weighted by Gasteiger charge is -2.36. The average Bonchev–Trinajstić information content (AvgIpc) is 2.63. The number of carbonyl (C=O) groups excluding carboxylic acids is 2. The summed E-state index contributed by atoms with van der Waals surface area (Å²) in [6.07, 6.45) is -5.12. The molecule has 0 radical (unpaired) electrons. The molecule has 2 N–H and O–H groups in total. The molecule has 1 aliphatic rings. The van der Waals surface area contributed by atoms with Crippen molar-refractivity contribution in [3.8, 4) is 5.75 Å². The minimum Gasteiger partial charge on any atom is -0.469 e. The second-order valence-electron chi connectivity index (χ2n) is 6.80. The zero-order chi connectivity index (χ0) is 21.9. The predicted molar refractivity (Wildman–Crippen MR) is 93.3 cm³/mol. The van der Waals surface area contributed by atoms with Crippen LogP contribution >= 0.6 is 8.17 Å². The lowest BCUT2D eigenvalue weighted by Crippen LogP contribution is -2.51. The summed E-state index contributed by atoms with van der Waals surface area (Å²) < 4.78 is 58.0. The molecule has 2 heterocycles. The summed E-state index contributed by atoms with van der Waals surface area (Å²) in [6, 6.07) is 1.62. The van der Waals surface area contributed by atoms with Crippen molar-refractivity contribution in [1.82, 2.24) is 10.3 Å². The maximum absolute atomic E-state index is 12.6. The Morgan fingerprint density at radius 1 is 1.41 bits per heavy atom. The zero-order valence-electron chi connectivity index (χ0n) is 15.9. The van der Waals surface area contributed by atoms with Crippen LogP contribution in [0, 0.1) is 5.41 Å². The normalized spacial score (nSPS) is 23.9. The summed E-state index contributed by atoms with van der Waals surface area (Å²) in [5.41, 5.74) is -1.99. The van der Waals surface area contributed by atoms with E-state index in [0.29, 0.717) is 6.07 Å². The van der Waals surface area contributed by atoms with Gasteiger partial charge in [-0.1, -0.05) is 13.8 Å². The first-order valence-electron chi connectivity index (χ1n) is 8.38. The van der Waals surface area contributed by atoms with Crippen LogP contribution in [0.5, 0.6) is 5.75 Å². The van der Waals surface area contributed by atoms with Crippen molar-refractivity contribution in [3.63, 3.8) is 0 Å². The molecule has 162 valence electrons. The highest BCUT2D eigenvalue weighted by Crippen LogP contribution is 2.63. The van der Waals surface area contributed by atoms with Crippen molar-refractivity contribution in [2.45, 2.75) is 32.5 Å². The Labute approximate surface area is 165 Å². The lowest BCUT2D eigenvalue weighted by molar-refractivity contribution is -0.144. The number of halogens is 3. The van der Waals surface area contributed by atoms with E-state index in [9.17, 15) is 27.7 Å². The highest BCUT2D eigenvalue weighted by atomic mass is 31.2. The van der Waals surface area contributed by atoms with Crippen molar-refractivity contribution in [2.24, 2.45) is 5.41 Å². The highest BCUT2D eigenvalue weighted by Gasteiger charge is 2.60. The number of hydrogen-bond donors (Lipinski definition) is 2. The third kappa shape index (κ3) is 6.23. The number of aromatic nitrogens is 1. The van der Waals surface area contributed by atoms with E-state index in [0.717, 1.165) is 12.3 Å². The van der Waals surface area contributed by atoms with E-state index in [2.05, 4.69) is 15.0 Å². The van der Waals surface area contributed by atoms with Gasteiger partial charge in [0.25, 0.3) is 5.91 Å². The average molecular weight is 441 g/mol. The Balaban J connectivity index is 2.06. The maximum atomic E-state index is 12.6. The Hall–Kier alpha value is -2.01. The summed E-state index contributed by atoms with van der Waals surface area (Å²) in [5, 5.41) is 2.49. The Bertz CT molecular complexity index is 745. The fourth-order valence-corrected chi connectivity index (χ4v) is 3.97. The van der Waals surface area contributed by atoms with Crippen LogP contribution in [0.15, 0.2) is 18.3 Å². The number of ether oxygens (including phenoxy) is 1. The van der Waals surface area contributed by atoms with Gasteiger partial charge in [0.15, 0.2) is 6.10 Å². The number of nitrogens with one attached hydrogen (secondary N) is 1. The molecule has 1 aromatic rings. The minimum atomic E-state index is -4.63. The van der Waals surface area contributed by atoms with E-state index in [-0.39, 0.29) is 25.3 Å². The number of nitrogens with zero attached hydrogens (tertiary/aromatic N) is 1. The van der Waals surface area contributed by atoms with Gasteiger partial charge in [0, 0.05) is 12.0 Å². The molecule has 0 bridgehead atoms. The first-order chi connectivity index (χ1) is 13.4. The molecular weight excluding hydrogens is 420 g/mol. The molecule has 0 aromatic carbocycles. The van der Waals surface area contributed by atoms with Crippen LogP contribution in [0.4, 0.5) is 13.2 Å². The first-order valence-corrected chi connectivity index (χ1v) is 9.88. The number of esters is 1. The Morgan fingerprint density at radius 3 is 2.66 bits per heavy atom. The number of rotatable bonds is 6. The molecule has 1 fully saturated rings. The van der Waals surface area contributed by atoms with Gasteiger partial charge in [0.05, 0.1) is 19.7 Å². The lowest BCUT2D eigenvalue weighted by atomic mass is 9.87. The molecule has 0 aliphatic carbocycles.